The third-order valence-electron chi connectivity index (χ3n) is 5.11. The molecule has 3 aromatic rings. The molecule has 1 unspecified atom stereocenters. The molecule has 0 aromatic heterocycles. The Hall–Kier alpha value is -3.58. The molecule has 2 amide bonds. The second-order valence-corrected chi connectivity index (χ2v) is 8.89. The normalized spacial score (nSPS) is 11.4. The molecule has 0 aliphatic rings. The van der Waals surface area contributed by atoms with Gasteiger partial charge in [0.2, 0.25) is 5.91 Å². The average molecular weight is 477 g/mol. The first-order valence-corrected chi connectivity index (χ1v) is 11.9. The quantitative estimate of drug-likeness (QED) is 0.352. The molecule has 0 bridgehead atoms. The fourth-order valence-corrected chi connectivity index (χ4v) is 4.28. The standard InChI is InChI=1S/C27H28N2O4S/c1-29(2)26(31)19-34-24-16-10-9-15-22(24)27(32)33-18-25(30)28-23(21-13-7-4-8-14-21)17-20-11-5-3-6-12-20/h3-16,23H,17-19H2,1-2H3,(H,28,30). The first-order valence-electron chi connectivity index (χ1n) is 10.9. The van der Waals surface area contributed by atoms with E-state index in [2.05, 4.69) is 5.32 Å². The molecule has 0 aliphatic heterocycles. The molecule has 1 N–H and O–H groups in total. The Kier molecular flexibility index (Phi) is 9.29. The van der Waals surface area contributed by atoms with Crippen molar-refractivity contribution in [2.24, 2.45) is 0 Å². The fourth-order valence-electron chi connectivity index (χ4n) is 3.26. The highest BCUT2D eigenvalue weighted by molar-refractivity contribution is 8.00. The van der Waals surface area contributed by atoms with Crippen molar-refractivity contribution in [1.82, 2.24) is 10.2 Å². The summed E-state index contributed by atoms with van der Waals surface area (Å²) in [5.74, 6) is -0.838. The summed E-state index contributed by atoms with van der Waals surface area (Å²) in [6, 6.07) is 26.2. The van der Waals surface area contributed by atoms with Gasteiger partial charge in [-0.1, -0.05) is 72.8 Å². The molecule has 7 heteroatoms. The van der Waals surface area contributed by atoms with Crippen molar-refractivity contribution < 1.29 is 19.1 Å². The Bertz CT molecular complexity index is 1100. The van der Waals surface area contributed by atoms with Gasteiger partial charge >= 0.3 is 5.97 Å². The molecule has 0 saturated heterocycles. The highest BCUT2D eigenvalue weighted by atomic mass is 32.2. The summed E-state index contributed by atoms with van der Waals surface area (Å²) in [5.41, 5.74) is 2.39. The zero-order valence-electron chi connectivity index (χ0n) is 19.3. The molecule has 1 atom stereocenters. The van der Waals surface area contributed by atoms with Crippen molar-refractivity contribution in [3.05, 3.63) is 102 Å². The highest BCUT2D eigenvalue weighted by Crippen LogP contribution is 2.24. The maximum Gasteiger partial charge on any atom is 0.339 e. The van der Waals surface area contributed by atoms with E-state index < -0.39 is 12.6 Å². The van der Waals surface area contributed by atoms with E-state index in [4.69, 9.17) is 4.74 Å². The molecule has 0 heterocycles. The zero-order valence-corrected chi connectivity index (χ0v) is 20.1. The lowest BCUT2D eigenvalue weighted by Gasteiger charge is -2.19. The highest BCUT2D eigenvalue weighted by Gasteiger charge is 2.19. The molecule has 0 fully saturated rings. The van der Waals surface area contributed by atoms with E-state index in [0.29, 0.717) is 16.9 Å². The van der Waals surface area contributed by atoms with Crippen LogP contribution in [0.5, 0.6) is 0 Å². The molecule has 0 aliphatic carbocycles. The van der Waals surface area contributed by atoms with Gasteiger partial charge in [-0.15, -0.1) is 11.8 Å². The molecule has 176 valence electrons. The molecule has 6 nitrogen and oxygen atoms in total. The summed E-state index contributed by atoms with van der Waals surface area (Å²) < 4.78 is 5.31. The maximum atomic E-state index is 12.7. The third-order valence-corrected chi connectivity index (χ3v) is 6.17. The van der Waals surface area contributed by atoms with Gasteiger partial charge in [-0.25, -0.2) is 4.79 Å². The molecule has 0 radical (unpaired) electrons. The number of carbonyl (C=O) groups is 3. The monoisotopic (exact) mass is 476 g/mol. The summed E-state index contributed by atoms with van der Waals surface area (Å²) in [7, 11) is 3.37. The lowest BCUT2D eigenvalue weighted by Crippen LogP contribution is -2.33. The summed E-state index contributed by atoms with van der Waals surface area (Å²) in [6.45, 7) is -0.396. The molecule has 3 rings (SSSR count). The van der Waals surface area contributed by atoms with Gasteiger partial charge in [-0.2, -0.15) is 0 Å². The van der Waals surface area contributed by atoms with E-state index in [1.807, 2.05) is 60.7 Å². The minimum atomic E-state index is -0.602. The van der Waals surface area contributed by atoms with Crippen molar-refractivity contribution in [1.29, 1.82) is 0 Å². The fraction of sp³-hybridized carbons (Fsp3) is 0.222. The predicted octanol–water partition coefficient (Wildman–Crippen LogP) is 4.12. The number of rotatable bonds is 10. The van der Waals surface area contributed by atoms with Gasteiger partial charge in [0.15, 0.2) is 6.61 Å². The summed E-state index contributed by atoms with van der Waals surface area (Å²) in [6.07, 6.45) is 0.615. The molecular weight excluding hydrogens is 448 g/mol. The number of amides is 2. The van der Waals surface area contributed by atoms with E-state index in [-0.39, 0.29) is 23.6 Å². The van der Waals surface area contributed by atoms with Crippen LogP contribution in [-0.2, 0) is 20.7 Å². The van der Waals surface area contributed by atoms with E-state index in [9.17, 15) is 14.4 Å². The van der Waals surface area contributed by atoms with E-state index in [1.165, 1.54) is 16.7 Å². The Balaban J connectivity index is 1.62. The average Bonchev–Trinajstić information content (AvgIpc) is 2.86. The van der Waals surface area contributed by atoms with Crippen molar-refractivity contribution in [3.8, 4) is 0 Å². The van der Waals surface area contributed by atoms with Crippen LogP contribution in [0.1, 0.15) is 27.5 Å². The van der Waals surface area contributed by atoms with Gasteiger partial charge in [0.1, 0.15) is 0 Å². The van der Waals surface area contributed by atoms with Gasteiger partial charge in [0.05, 0.1) is 17.4 Å². The van der Waals surface area contributed by atoms with Crippen LogP contribution in [0.15, 0.2) is 89.8 Å². The van der Waals surface area contributed by atoms with Gasteiger partial charge in [0, 0.05) is 19.0 Å². The van der Waals surface area contributed by atoms with Crippen LogP contribution < -0.4 is 5.32 Å². The zero-order chi connectivity index (χ0) is 24.3. The number of benzene rings is 3. The lowest BCUT2D eigenvalue weighted by molar-refractivity contribution is -0.126. The minimum absolute atomic E-state index is 0.0575. The maximum absolute atomic E-state index is 12.7. The summed E-state index contributed by atoms with van der Waals surface area (Å²) in [4.78, 5) is 39.4. The SMILES string of the molecule is CN(C)C(=O)CSc1ccccc1C(=O)OCC(=O)NC(Cc1ccccc1)c1ccccc1. The molecular formula is C27H28N2O4S. The van der Waals surface area contributed by atoms with Crippen LogP contribution in [0.2, 0.25) is 0 Å². The molecule has 0 saturated carbocycles. The number of nitrogens with one attached hydrogen (secondary N) is 1. The topological polar surface area (TPSA) is 75.7 Å². The lowest BCUT2D eigenvalue weighted by atomic mass is 9.99. The first-order chi connectivity index (χ1) is 16.4. The molecule has 0 spiro atoms. The van der Waals surface area contributed by atoms with E-state index >= 15 is 0 Å². The van der Waals surface area contributed by atoms with Gasteiger partial charge in [-0.3, -0.25) is 9.59 Å². The van der Waals surface area contributed by atoms with Gasteiger partial charge in [-0.05, 0) is 29.7 Å². The van der Waals surface area contributed by atoms with Crippen molar-refractivity contribution in [3.63, 3.8) is 0 Å². The number of thioether (sulfide) groups is 1. The number of nitrogens with zero attached hydrogens (tertiary/aromatic N) is 1. The van der Waals surface area contributed by atoms with Crippen LogP contribution in [0.25, 0.3) is 0 Å². The summed E-state index contributed by atoms with van der Waals surface area (Å²) in [5, 5.41) is 2.98. The van der Waals surface area contributed by atoms with E-state index in [1.54, 1.807) is 38.4 Å². The largest absolute Gasteiger partial charge is 0.452 e. The Morgan fingerprint density at radius 1 is 0.882 bits per heavy atom. The Morgan fingerprint density at radius 2 is 1.50 bits per heavy atom. The van der Waals surface area contributed by atoms with Crippen LogP contribution in [0.3, 0.4) is 0 Å². The van der Waals surface area contributed by atoms with Crippen LogP contribution in [-0.4, -0.2) is 49.1 Å². The van der Waals surface area contributed by atoms with Gasteiger partial charge < -0.3 is 15.0 Å². The van der Waals surface area contributed by atoms with E-state index in [0.717, 1.165) is 11.1 Å². The van der Waals surface area contributed by atoms with Crippen molar-refractivity contribution >= 4 is 29.5 Å². The number of esters is 1. The van der Waals surface area contributed by atoms with Crippen LogP contribution in [0, 0.1) is 0 Å². The Labute approximate surface area is 204 Å². The smallest absolute Gasteiger partial charge is 0.339 e. The summed E-state index contributed by atoms with van der Waals surface area (Å²) >= 11 is 1.26. The first kappa shape index (κ1) is 25.1. The van der Waals surface area contributed by atoms with Crippen molar-refractivity contribution in [2.75, 3.05) is 26.5 Å². The molecule has 3 aromatic carbocycles. The number of hydrogen-bond donors (Lipinski definition) is 1. The van der Waals surface area contributed by atoms with Crippen molar-refractivity contribution in [2.45, 2.75) is 17.4 Å². The second kappa shape index (κ2) is 12.6. The van der Waals surface area contributed by atoms with Crippen LogP contribution >= 0.6 is 11.8 Å². The minimum Gasteiger partial charge on any atom is -0.452 e. The number of carbonyl (C=O) groups excluding carboxylic acids is 3. The van der Waals surface area contributed by atoms with Crippen LogP contribution in [0.4, 0.5) is 0 Å². The number of ether oxygens (including phenoxy) is 1. The molecule has 34 heavy (non-hydrogen) atoms. The van der Waals surface area contributed by atoms with Gasteiger partial charge in [0.25, 0.3) is 5.91 Å². The predicted molar refractivity (Wildman–Crippen MR) is 134 cm³/mol. The number of hydrogen-bond acceptors (Lipinski definition) is 5. The second-order valence-electron chi connectivity index (χ2n) is 7.87. The Morgan fingerprint density at radius 3 is 2.18 bits per heavy atom. The third kappa shape index (κ3) is 7.49.